The van der Waals surface area contributed by atoms with Crippen LogP contribution in [-0.4, -0.2) is 17.3 Å². The van der Waals surface area contributed by atoms with Crippen LogP contribution in [-0.2, 0) is 20.9 Å². The van der Waals surface area contributed by atoms with Gasteiger partial charge in [-0.05, 0) is 35.1 Å². The van der Waals surface area contributed by atoms with Gasteiger partial charge >= 0.3 is 0 Å². The number of benzene rings is 2. The SMILES string of the molecule is Cc1snc(-c2ccc(-c3ccc(COC=O)cc3)cc2)c1OC=O. The number of aryl methyl sites for hydroxylation is 1. The summed E-state index contributed by atoms with van der Waals surface area (Å²) >= 11 is 1.30. The number of aromatic nitrogens is 1. The van der Waals surface area contributed by atoms with Crippen molar-refractivity contribution < 1.29 is 19.1 Å². The van der Waals surface area contributed by atoms with Crippen molar-refractivity contribution in [2.75, 3.05) is 0 Å². The summed E-state index contributed by atoms with van der Waals surface area (Å²) in [7, 11) is 0. The van der Waals surface area contributed by atoms with Crippen molar-refractivity contribution >= 4 is 24.5 Å². The molecule has 0 saturated carbocycles. The highest BCUT2D eigenvalue weighted by molar-refractivity contribution is 7.06. The molecule has 0 amide bonds. The van der Waals surface area contributed by atoms with E-state index in [0.717, 1.165) is 27.1 Å². The maximum absolute atomic E-state index is 10.7. The fraction of sp³-hybridized carbons (Fsp3) is 0.105. The summed E-state index contributed by atoms with van der Waals surface area (Å²) in [6, 6.07) is 15.7. The third-order valence-corrected chi connectivity index (χ3v) is 4.47. The Morgan fingerprint density at radius 3 is 2.12 bits per heavy atom. The predicted molar refractivity (Wildman–Crippen MR) is 95.3 cm³/mol. The Labute approximate surface area is 149 Å². The number of rotatable bonds is 7. The summed E-state index contributed by atoms with van der Waals surface area (Å²) in [5.41, 5.74) is 4.60. The van der Waals surface area contributed by atoms with E-state index >= 15 is 0 Å². The fourth-order valence-corrected chi connectivity index (χ4v) is 3.12. The van der Waals surface area contributed by atoms with E-state index in [2.05, 4.69) is 4.37 Å². The van der Waals surface area contributed by atoms with Gasteiger partial charge in [-0.25, -0.2) is 0 Å². The second-order valence-electron chi connectivity index (χ2n) is 5.31. The normalized spacial score (nSPS) is 10.3. The number of hydrogen-bond donors (Lipinski definition) is 0. The minimum atomic E-state index is 0.269. The van der Waals surface area contributed by atoms with Crippen LogP contribution in [0.3, 0.4) is 0 Å². The van der Waals surface area contributed by atoms with Crippen molar-refractivity contribution in [3.8, 4) is 28.1 Å². The van der Waals surface area contributed by atoms with Gasteiger partial charge in [-0.15, -0.1) is 0 Å². The van der Waals surface area contributed by atoms with E-state index in [1.807, 2.05) is 55.5 Å². The van der Waals surface area contributed by atoms with Crippen LogP contribution in [0.2, 0.25) is 0 Å². The minimum Gasteiger partial charge on any atom is -0.463 e. The number of carbonyl (C=O) groups excluding carboxylic acids is 2. The van der Waals surface area contributed by atoms with Gasteiger partial charge in [0.25, 0.3) is 12.9 Å². The van der Waals surface area contributed by atoms with Crippen LogP contribution in [0.5, 0.6) is 5.75 Å². The fourth-order valence-electron chi connectivity index (χ4n) is 2.48. The molecule has 126 valence electrons. The predicted octanol–water partition coefficient (Wildman–Crippen LogP) is 3.99. The number of hydrogen-bond acceptors (Lipinski definition) is 6. The van der Waals surface area contributed by atoms with Gasteiger partial charge in [0, 0.05) is 5.56 Å². The van der Waals surface area contributed by atoms with Crippen molar-refractivity contribution in [3.05, 3.63) is 59.0 Å². The molecule has 0 spiro atoms. The second kappa shape index (κ2) is 7.72. The summed E-state index contributed by atoms with van der Waals surface area (Å²) < 4.78 is 14.2. The van der Waals surface area contributed by atoms with Gasteiger partial charge in [-0.2, -0.15) is 4.37 Å². The van der Waals surface area contributed by atoms with Gasteiger partial charge in [-0.1, -0.05) is 48.5 Å². The highest BCUT2D eigenvalue weighted by Crippen LogP contribution is 2.35. The first-order valence-electron chi connectivity index (χ1n) is 7.54. The molecule has 0 aliphatic carbocycles. The van der Waals surface area contributed by atoms with E-state index in [9.17, 15) is 9.59 Å². The average Bonchev–Trinajstić information content (AvgIpc) is 3.02. The molecule has 1 heterocycles. The molecule has 0 saturated heterocycles. The largest absolute Gasteiger partial charge is 0.463 e. The molecular weight excluding hydrogens is 338 g/mol. The lowest BCUT2D eigenvalue weighted by Gasteiger charge is -2.06. The van der Waals surface area contributed by atoms with E-state index in [-0.39, 0.29) is 6.61 Å². The van der Waals surface area contributed by atoms with Gasteiger partial charge in [0.1, 0.15) is 12.3 Å². The van der Waals surface area contributed by atoms with Gasteiger partial charge in [0.15, 0.2) is 5.75 Å². The lowest BCUT2D eigenvalue weighted by atomic mass is 10.0. The maximum atomic E-state index is 10.7. The summed E-state index contributed by atoms with van der Waals surface area (Å²) in [4.78, 5) is 21.8. The summed E-state index contributed by atoms with van der Waals surface area (Å²) in [5.74, 6) is 0.507. The van der Waals surface area contributed by atoms with Gasteiger partial charge in [-0.3, -0.25) is 9.59 Å². The molecule has 0 unspecified atom stereocenters. The zero-order chi connectivity index (χ0) is 17.6. The molecule has 25 heavy (non-hydrogen) atoms. The molecule has 1 aromatic heterocycles. The Kier molecular flexibility index (Phi) is 5.20. The van der Waals surface area contributed by atoms with Crippen LogP contribution in [0.25, 0.3) is 22.4 Å². The van der Waals surface area contributed by atoms with Crippen molar-refractivity contribution in [2.45, 2.75) is 13.5 Å². The first-order valence-corrected chi connectivity index (χ1v) is 8.32. The molecule has 6 heteroatoms. The summed E-state index contributed by atoms with van der Waals surface area (Å²) in [6.45, 7) is 3.00. The molecule has 5 nitrogen and oxygen atoms in total. The first kappa shape index (κ1) is 16.9. The second-order valence-corrected chi connectivity index (χ2v) is 6.29. The quantitative estimate of drug-likeness (QED) is 0.601. The van der Waals surface area contributed by atoms with Crippen molar-refractivity contribution in [1.29, 1.82) is 0 Å². The third kappa shape index (κ3) is 3.75. The molecule has 0 radical (unpaired) electrons. The first-order chi connectivity index (χ1) is 12.2. The summed E-state index contributed by atoms with van der Waals surface area (Å²) in [5, 5.41) is 0. The van der Waals surface area contributed by atoms with Crippen molar-refractivity contribution in [2.24, 2.45) is 0 Å². The van der Waals surface area contributed by atoms with Gasteiger partial charge in [0.2, 0.25) is 0 Å². The molecule has 0 atom stereocenters. The zero-order valence-electron chi connectivity index (χ0n) is 13.5. The molecule has 0 bridgehead atoms. The molecule has 3 rings (SSSR count). The van der Waals surface area contributed by atoms with Crippen LogP contribution >= 0.6 is 11.5 Å². The Morgan fingerprint density at radius 2 is 1.52 bits per heavy atom. The lowest BCUT2D eigenvalue weighted by Crippen LogP contribution is -1.91. The maximum Gasteiger partial charge on any atom is 0.298 e. The van der Waals surface area contributed by atoms with Gasteiger partial charge in [0.05, 0.1) is 4.88 Å². The van der Waals surface area contributed by atoms with E-state index in [1.165, 1.54) is 11.5 Å². The highest BCUT2D eigenvalue weighted by atomic mass is 32.1. The molecule has 2 aromatic carbocycles. The Balaban J connectivity index is 1.83. The standard InChI is InChI=1S/C19H15NO4S/c1-13-19(24-12-22)18(20-25-13)17-8-6-16(7-9-17)15-4-2-14(3-5-15)10-23-11-21/h2-9,11-12H,10H2,1H3. The van der Waals surface area contributed by atoms with Crippen LogP contribution in [0.1, 0.15) is 10.4 Å². The van der Waals surface area contributed by atoms with E-state index in [1.54, 1.807) is 0 Å². The van der Waals surface area contributed by atoms with Crippen molar-refractivity contribution in [3.63, 3.8) is 0 Å². The van der Waals surface area contributed by atoms with Crippen LogP contribution in [0.4, 0.5) is 0 Å². The number of nitrogens with zero attached hydrogens (tertiary/aromatic N) is 1. The van der Waals surface area contributed by atoms with E-state index < -0.39 is 0 Å². The van der Waals surface area contributed by atoms with E-state index in [0.29, 0.717) is 24.4 Å². The van der Waals surface area contributed by atoms with Crippen LogP contribution in [0.15, 0.2) is 48.5 Å². The molecule has 3 aromatic rings. The van der Waals surface area contributed by atoms with Crippen LogP contribution in [0, 0.1) is 6.92 Å². The monoisotopic (exact) mass is 353 g/mol. The smallest absolute Gasteiger partial charge is 0.298 e. The Hall–Kier alpha value is -2.99. The Morgan fingerprint density at radius 1 is 0.920 bits per heavy atom. The molecule has 0 aliphatic heterocycles. The van der Waals surface area contributed by atoms with Crippen LogP contribution < -0.4 is 4.74 Å². The topological polar surface area (TPSA) is 65.5 Å². The molecular formula is C19H15NO4S. The van der Waals surface area contributed by atoms with Gasteiger partial charge < -0.3 is 9.47 Å². The zero-order valence-corrected chi connectivity index (χ0v) is 14.3. The average molecular weight is 353 g/mol. The molecule has 0 fully saturated rings. The Bertz CT molecular complexity index is 869. The van der Waals surface area contributed by atoms with E-state index in [4.69, 9.17) is 9.47 Å². The third-order valence-electron chi connectivity index (χ3n) is 3.74. The molecule has 0 aliphatic rings. The lowest BCUT2D eigenvalue weighted by molar-refractivity contribution is -0.129. The van der Waals surface area contributed by atoms with Crippen molar-refractivity contribution in [1.82, 2.24) is 4.37 Å². The molecule has 0 N–H and O–H groups in total. The number of carbonyl (C=O) groups is 2. The number of ether oxygens (including phenoxy) is 2. The minimum absolute atomic E-state index is 0.269. The highest BCUT2D eigenvalue weighted by Gasteiger charge is 2.14. The summed E-state index contributed by atoms with van der Waals surface area (Å²) in [6.07, 6.45) is 0.